The number of rotatable bonds is 0. The van der Waals surface area contributed by atoms with Crippen molar-refractivity contribution in [2.75, 3.05) is 0 Å². The Balaban J connectivity index is 0. The van der Waals surface area contributed by atoms with Crippen LogP contribution in [0.2, 0.25) is 0 Å². The molecule has 0 N–H and O–H groups in total. The molecule has 0 saturated carbocycles. The summed E-state index contributed by atoms with van der Waals surface area (Å²) in [7, 11) is 0. The summed E-state index contributed by atoms with van der Waals surface area (Å²) in [5.41, 5.74) is 0.917. The summed E-state index contributed by atoms with van der Waals surface area (Å²) in [4.78, 5) is 0. The van der Waals surface area contributed by atoms with Gasteiger partial charge in [-0.1, -0.05) is 6.92 Å². The van der Waals surface area contributed by atoms with Crippen LogP contribution in [-0.2, 0) is 0 Å². The molecule has 0 aliphatic carbocycles. The molecule has 0 aliphatic rings. The number of allylic oxidation sites excluding steroid dienone is 1. The smallest absolute Gasteiger partial charge is 0.242 e. The molecule has 0 amide bonds. The Hall–Kier alpha value is 0.207. The molecule has 0 unspecified atom stereocenters. The monoisotopic (exact) mass is 62.1 g/mol. The Morgan fingerprint density at radius 3 is 1.80 bits per heavy atom. The molecule has 0 aliphatic heterocycles. The Labute approximate surface area is 45.4 Å². The van der Waals surface area contributed by atoms with Gasteiger partial charge in [0.25, 0.3) is 0 Å². The fraction of sp³-hybridized carbons (Fsp3) is 0.250. The van der Waals surface area contributed by atoms with E-state index in [-0.39, 0.29) is 18.9 Å². The van der Waals surface area contributed by atoms with Crippen molar-refractivity contribution >= 4 is 0 Å². The van der Waals surface area contributed by atoms with Crippen LogP contribution in [0, 0.1) is 6.92 Å². The van der Waals surface area contributed by atoms with E-state index in [1.54, 1.807) is 0 Å². The fourth-order valence-corrected chi connectivity index (χ4v) is 0. The van der Waals surface area contributed by atoms with Crippen LogP contribution >= 0.6 is 0 Å². The molecular weight excluding hydrogens is 55.0 g/mol. The first-order valence-electron chi connectivity index (χ1n) is 1.21. The molecule has 0 saturated heterocycles. The van der Waals surface area contributed by atoms with Crippen molar-refractivity contribution in [2.24, 2.45) is 0 Å². The second-order valence-corrected chi connectivity index (χ2v) is 0.957. The average molecular weight is 62.0 g/mol. The molecule has 5 heavy (non-hydrogen) atoms. The Morgan fingerprint density at radius 1 is 1.80 bits per heavy atom. The van der Waals surface area contributed by atoms with E-state index in [2.05, 4.69) is 13.5 Å². The zero-order valence-electron chi connectivity index (χ0n) is 3.91. The topological polar surface area (TPSA) is 0 Å². The minimum Gasteiger partial charge on any atom is -0.242 e. The third-order valence-corrected chi connectivity index (χ3v) is 0. The first-order chi connectivity index (χ1) is 1.73. The van der Waals surface area contributed by atoms with Crippen LogP contribution in [0.25, 0.3) is 0 Å². The molecule has 0 aromatic heterocycles. The zero-order chi connectivity index (χ0) is 3.58. The predicted octanol–water partition coefficient (Wildman–Crippen LogP) is -1.60. The van der Waals surface area contributed by atoms with E-state index in [9.17, 15) is 0 Å². The van der Waals surface area contributed by atoms with E-state index in [0.29, 0.717) is 0 Å². The first-order valence-corrected chi connectivity index (χ1v) is 1.21. The summed E-state index contributed by atoms with van der Waals surface area (Å²) >= 11 is 0. The van der Waals surface area contributed by atoms with E-state index < -0.39 is 0 Å². The van der Waals surface area contributed by atoms with Gasteiger partial charge in [-0.15, -0.1) is 0 Å². The summed E-state index contributed by atoms with van der Waals surface area (Å²) in [6.07, 6.45) is 0. The molecule has 0 heterocycles. The Kier molecular flexibility index (Phi) is 7.54. The van der Waals surface area contributed by atoms with Gasteiger partial charge in [-0.25, -0.2) is 19.1 Å². The summed E-state index contributed by atoms with van der Waals surface area (Å²) in [5.74, 6) is 0. The van der Waals surface area contributed by atoms with Crippen molar-refractivity contribution in [2.45, 2.75) is 6.92 Å². The number of hydrogen-bond donors (Lipinski definition) is 0. The van der Waals surface area contributed by atoms with Crippen molar-refractivity contribution in [3.05, 3.63) is 19.1 Å². The zero-order valence-corrected chi connectivity index (χ0v) is 3.91. The van der Waals surface area contributed by atoms with E-state index in [1.807, 2.05) is 6.92 Å². The minimum atomic E-state index is 0. The summed E-state index contributed by atoms with van der Waals surface area (Å²) in [6, 6.07) is 0. The summed E-state index contributed by atoms with van der Waals surface area (Å²) in [6.45, 7) is 8.75. The Morgan fingerprint density at radius 2 is 1.80 bits per heavy atom. The second-order valence-electron chi connectivity index (χ2n) is 0.957. The van der Waals surface area contributed by atoms with Crippen LogP contribution in [0.15, 0.2) is 12.2 Å². The fourth-order valence-electron chi connectivity index (χ4n) is 0. The van der Waals surface area contributed by atoms with Gasteiger partial charge in [0.1, 0.15) is 0 Å². The van der Waals surface area contributed by atoms with Gasteiger partial charge in [0.2, 0.25) is 0 Å². The molecule has 0 rings (SSSR count). The molecule has 0 nitrogen and oxygen atoms in total. The quantitative estimate of drug-likeness (QED) is 0.234. The molecular formula is C4H7Li. The molecule has 0 atom stereocenters. The minimum absolute atomic E-state index is 0. The summed E-state index contributed by atoms with van der Waals surface area (Å²) in [5, 5.41) is 0. The third kappa shape index (κ3) is 477. The van der Waals surface area contributed by atoms with Crippen LogP contribution in [0.3, 0.4) is 0 Å². The Bertz CT molecular complexity index is 26.6. The van der Waals surface area contributed by atoms with Crippen LogP contribution in [0.5, 0.6) is 0 Å². The van der Waals surface area contributed by atoms with E-state index in [4.69, 9.17) is 0 Å². The van der Waals surface area contributed by atoms with Gasteiger partial charge in [0, 0.05) is 0 Å². The molecule has 1 heteroatoms. The molecule has 24 valence electrons. The van der Waals surface area contributed by atoms with Gasteiger partial charge >= 0.3 is 18.9 Å². The average Bonchev–Trinajstić information content (AvgIpc) is 0.811. The van der Waals surface area contributed by atoms with Crippen molar-refractivity contribution in [3.63, 3.8) is 0 Å². The van der Waals surface area contributed by atoms with Crippen molar-refractivity contribution in [3.8, 4) is 0 Å². The maximum Gasteiger partial charge on any atom is 1.00 e. The largest absolute Gasteiger partial charge is 1.00 e. The van der Waals surface area contributed by atoms with Crippen molar-refractivity contribution in [1.29, 1.82) is 0 Å². The second kappa shape index (κ2) is 4.21. The SMILES string of the molecule is C=C([CH2-])C.[Li+]. The molecule has 0 bridgehead atoms. The standard InChI is InChI=1S/C4H7.Li/c1-4(2)3;/h1-2H2,3H3;/q-1;+1. The normalized spacial score (nSPS) is 5.00. The number of hydrogen-bond acceptors (Lipinski definition) is 0. The van der Waals surface area contributed by atoms with E-state index >= 15 is 0 Å². The molecule has 0 radical (unpaired) electrons. The van der Waals surface area contributed by atoms with Crippen LogP contribution in [0.4, 0.5) is 0 Å². The molecule has 0 aromatic carbocycles. The maximum atomic E-state index is 3.44. The predicted molar refractivity (Wildman–Crippen MR) is 20.2 cm³/mol. The summed E-state index contributed by atoms with van der Waals surface area (Å²) < 4.78 is 0. The van der Waals surface area contributed by atoms with Gasteiger partial charge in [0.05, 0.1) is 0 Å². The van der Waals surface area contributed by atoms with Gasteiger partial charge in [-0.05, 0) is 0 Å². The van der Waals surface area contributed by atoms with Crippen molar-refractivity contribution in [1.82, 2.24) is 0 Å². The van der Waals surface area contributed by atoms with Crippen molar-refractivity contribution < 1.29 is 18.9 Å². The van der Waals surface area contributed by atoms with Gasteiger partial charge < -0.3 is 0 Å². The van der Waals surface area contributed by atoms with E-state index in [0.717, 1.165) is 5.57 Å². The van der Waals surface area contributed by atoms with Crippen LogP contribution < -0.4 is 18.9 Å². The maximum absolute atomic E-state index is 3.44. The van der Waals surface area contributed by atoms with Crippen LogP contribution in [-0.4, -0.2) is 0 Å². The molecule has 0 fully saturated rings. The first kappa shape index (κ1) is 8.96. The van der Waals surface area contributed by atoms with Gasteiger partial charge in [0.15, 0.2) is 0 Å². The van der Waals surface area contributed by atoms with Gasteiger partial charge in [-0.2, -0.15) is 0 Å². The molecule has 0 spiro atoms. The van der Waals surface area contributed by atoms with Gasteiger partial charge in [-0.3, -0.25) is 0 Å². The third-order valence-electron chi connectivity index (χ3n) is 0. The molecule has 0 aromatic rings. The van der Waals surface area contributed by atoms with Crippen LogP contribution in [0.1, 0.15) is 6.92 Å². The van der Waals surface area contributed by atoms with E-state index in [1.165, 1.54) is 0 Å².